The minimum absolute atomic E-state index is 0.0123. The summed E-state index contributed by atoms with van der Waals surface area (Å²) >= 11 is 6.27. The summed E-state index contributed by atoms with van der Waals surface area (Å²) in [7, 11) is 0. The zero-order valence-electron chi connectivity index (χ0n) is 19.8. The summed E-state index contributed by atoms with van der Waals surface area (Å²) in [4.78, 5) is 15.5. The van der Waals surface area contributed by atoms with E-state index in [0.717, 1.165) is 35.1 Å². The molecule has 1 amide bonds. The van der Waals surface area contributed by atoms with Crippen LogP contribution in [0.5, 0.6) is 0 Å². The lowest BCUT2D eigenvalue weighted by Gasteiger charge is -2.38. The van der Waals surface area contributed by atoms with Gasteiger partial charge in [0.05, 0.1) is 5.52 Å². The maximum Gasteiger partial charge on any atom is 0.241 e. The Kier molecular flexibility index (Phi) is 8.05. The van der Waals surface area contributed by atoms with Crippen molar-refractivity contribution in [3.05, 3.63) is 53.6 Å². The molecular weight excluding hydrogens is 432 g/mol. The van der Waals surface area contributed by atoms with Crippen molar-refractivity contribution in [3.8, 4) is 11.3 Å². The largest absolute Gasteiger partial charge is 0.353 e. The van der Waals surface area contributed by atoms with Crippen molar-refractivity contribution < 1.29 is 4.79 Å². The molecule has 0 radical (unpaired) electrons. The number of rotatable bonds is 9. The highest BCUT2D eigenvalue weighted by atomic mass is 35.5. The van der Waals surface area contributed by atoms with Gasteiger partial charge in [0.2, 0.25) is 5.91 Å². The van der Waals surface area contributed by atoms with E-state index >= 15 is 0 Å². The number of carbonyl (C=O) groups is 1. The molecule has 6 heteroatoms. The number of nitrogens with zero attached hydrogens (tertiary/aromatic N) is 3. The van der Waals surface area contributed by atoms with E-state index < -0.39 is 0 Å². The molecule has 1 unspecified atom stereocenters. The molecule has 33 heavy (non-hydrogen) atoms. The molecule has 2 aromatic carbocycles. The first-order valence-electron chi connectivity index (χ1n) is 12.3. The lowest BCUT2D eigenvalue weighted by atomic mass is 9.93. The highest BCUT2D eigenvalue weighted by molar-refractivity contribution is 6.31. The van der Waals surface area contributed by atoms with Crippen molar-refractivity contribution in [1.29, 1.82) is 0 Å². The monoisotopic (exact) mass is 466 g/mol. The van der Waals surface area contributed by atoms with E-state index in [1.807, 2.05) is 48.5 Å². The van der Waals surface area contributed by atoms with Crippen molar-refractivity contribution in [1.82, 2.24) is 20.0 Å². The maximum atomic E-state index is 12.8. The Morgan fingerprint density at radius 1 is 1.18 bits per heavy atom. The van der Waals surface area contributed by atoms with Crippen LogP contribution < -0.4 is 5.32 Å². The summed E-state index contributed by atoms with van der Waals surface area (Å²) in [6.07, 6.45) is 7.70. The first-order valence-corrected chi connectivity index (χ1v) is 12.7. The number of aromatic nitrogens is 2. The normalized spacial score (nSPS) is 15.8. The van der Waals surface area contributed by atoms with Crippen LogP contribution in [0.25, 0.3) is 22.2 Å². The van der Waals surface area contributed by atoms with Crippen LogP contribution in [0.4, 0.5) is 0 Å². The molecule has 1 aromatic heterocycles. The van der Waals surface area contributed by atoms with Gasteiger partial charge in [-0.25, -0.2) is 0 Å². The third-order valence-electron chi connectivity index (χ3n) is 6.95. The number of hydrogen-bond donors (Lipinski definition) is 1. The fourth-order valence-corrected chi connectivity index (χ4v) is 5.18. The maximum absolute atomic E-state index is 12.8. The highest BCUT2D eigenvalue weighted by Gasteiger charge is 2.24. The van der Waals surface area contributed by atoms with Crippen molar-refractivity contribution in [2.75, 3.05) is 13.1 Å². The lowest BCUT2D eigenvalue weighted by Crippen LogP contribution is -2.46. The molecule has 1 heterocycles. The molecule has 1 atom stereocenters. The minimum atomic E-state index is -0.0123. The Labute approximate surface area is 202 Å². The summed E-state index contributed by atoms with van der Waals surface area (Å²) in [5.74, 6) is -0.0123. The van der Waals surface area contributed by atoms with Crippen LogP contribution in [-0.4, -0.2) is 45.8 Å². The Balaban J connectivity index is 1.43. The average Bonchev–Trinajstić information content (AvgIpc) is 3.19. The second kappa shape index (κ2) is 11.2. The Morgan fingerprint density at radius 2 is 1.94 bits per heavy atom. The molecule has 1 saturated carbocycles. The summed E-state index contributed by atoms with van der Waals surface area (Å²) in [6, 6.07) is 16.9. The van der Waals surface area contributed by atoms with Gasteiger partial charge in [-0.05, 0) is 44.4 Å². The molecule has 1 N–H and O–H groups in total. The minimum Gasteiger partial charge on any atom is -0.353 e. The highest BCUT2D eigenvalue weighted by Crippen LogP contribution is 2.30. The SMILES string of the molecule is CCC(C)N(CCNC(=O)Cn1nc(-c2ccccc2)c2cc(Cl)ccc21)C1CCCCC1. The third kappa shape index (κ3) is 5.77. The van der Waals surface area contributed by atoms with Gasteiger partial charge in [0.1, 0.15) is 12.2 Å². The second-order valence-corrected chi connectivity index (χ2v) is 9.61. The molecule has 0 bridgehead atoms. The summed E-state index contributed by atoms with van der Waals surface area (Å²) in [5.41, 5.74) is 2.78. The summed E-state index contributed by atoms with van der Waals surface area (Å²) < 4.78 is 1.79. The van der Waals surface area contributed by atoms with Crippen molar-refractivity contribution in [2.45, 2.75) is 71.0 Å². The predicted molar refractivity (Wildman–Crippen MR) is 137 cm³/mol. The predicted octanol–water partition coefficient (Wildman–Crippen LogP) is 5.91. The van der Waals surface area contributed by atoms with Gasteiger partial charge < -0.3 is 5.32 Å². The van der Waals surface area contributed by atoms with Gasteiger partial charge in [-0.2, -0.15) is 5.10 Å². The van der Waals surface area contributed by atoms with Gasteiger partial charge >= 0.3 is 0 Å². The summed E-state index contributed by atoms with van der Waals surface area (Å²) in [5, 5.41) is 9.55. The fraction of sp³-hybridized carbons (Fsp3) is 0.481. The number of nitrogens with one attached hydrogen (secondary N) is 1. The molecular formula is C27H35ClN4O. The topological polar surface area (TPSA) is 50.2 Å². The molecule has 5 nitrogen and oxygen atoms in total. The van der Waals surface area contributed by atoms with Crippen LogP contribution in [0.2, 0.25) is 5.02 Å². The van der Waals surface area contributed by atoms with Crippen LogP contribution in [0.1, 0.15) is 52.4 Å². The van der Waals surface area contributed by atoms with Crippen LogP contribution in [-0.2, 0) is 11.3 Å². The number of amides is 1. The molecule has 0 saturated heterocycles. The molecule has 1 aliphatic rings. The summed E-state index contributed by atoms with van der Waals surface area (Å²) in [6.45, 7) is 6.31. The Morgan fingerprint density at radius 3 is 2.67 bits per heavy atom. The number of benzene rings is 2. The molecule has 3 aromatic rings. The van der Waals surface area contributed by atoms with Gasteiger partial charge in [-0.15, -0.1) is 0 Å². The van der Waals surface area contributed by atoms with Gasteiger partial charge in [0.15, 0.2) is 0 Å². The van der Waals surface area contributed by atoms with Crippen LogP contribution in [0, 0.1) is 0 Å². The Hall–Kier alpha value is -2.37. The third-order valence-corrected chi connectivity index (χ3v) is 7.18. The van der Waals surface area contributed by atoms with Gasteiger partial charge in [-0.3, -0.25) is 14.4 Å². The second-order valence-electron chi connectivity index (χ2n) is 9.17. The molecule has 0 spiro atoms. The first kappa shape index (κ1) is 23.8. The average molecular weight is 467 g/mol. The van der Waals surface area contributed by atoms with Crippen molar-refractivity contribution in [3.63, 3.8) is 0 Å². The van der Waals surface area contributed by atoms with E-state index in [-0.39, 0.29) is 12.5 Å². The molecule has 1 aliphatic carbocycles. The zero-order chi connectivity index (χ0) is 23.2. The quantitative estimate of drug-likeness (QED) is 0.426. The molecule has 0 aliphatic heterocycles. The van der Waals surface area contributed by atoms with Gasteiger partial charge in [0.25, 0.3) is 0 Å². The van der Waals surface area contributed by atoms with Gasteiger partial charge in [0, 0.05) is 41.1 Å². The van der Waals surface area contributed by atoms with E-state index in [0.29, 0.717) is 23.7 Å². The molecule has 4 rings (SSSR count). The van der Waals surface area contributed by atoms with Gasteiger partial charge in [-0.1, -0.05) is 68.1 Å². The van der Waals surface area contributed by atoms with E-state index in [9.17, 15) is 4.79 Å². The Bertz CT molecular complexity index is 1060. The number of halogens is 1. The van der Waals surface area contributed by atoms with Crippen molar-refractivity contribution in [2.24, 2.45) is 0 Å². The molecule has 1 fully saturated rings. The van der Waals surface area contributed by atoms with Crippen LogP contribution in [0.3, 0.4) is 0 Å². The van der Waals surface area contributed by atoms with Crippen molar-refractivity contribution >= 4 is 28.4 Å². The zero-order valence-corrected chi connectivity index (χ0v) is 20.5. The van der Waals surface area contributed by atoms with E-state index in [2.05, 4.69) is 24.1 Å². The standard InChI is InChI=1S/C27H35ClN4O/c1-3-20(2)31(23-12-8-5-9-13-23)17-16-29-26(33)19-32-25-15-14-22(28)18-24(25)27(30-32)21-10-6-4-7-11-21/h4,6-7,10-11,14-15,18,20,23H,3,5,8-9,12-13,16-17,19H2,1-2H3,(H,29,33). The lowest BCUT2D eigenvalue weighted by molar-refractivity contribution is -0.121. The van der Waals surface area contributed by atoms with E-state index in [1.165, 1.54) is 32.1 Å². The number of carbonyl (C=O) groups excluding carboxylic acids is 1. The van der Waals surface area contributed by atoms with Crippen LogP contribution in [0.15, 0.2) is 48.5 Å². The smallest absolute Gasteiger partial charge is 0.241 e. The fourth-order valence-electron chi connectivity index (χ4n) is 5.01. The molecule has 176 valence electrons. The number of hydrogen-bond acceptors (Lipinski definition) is 3. The number of fused-ring (bicyclic) bond motifs is 1. The first-order chi connectivity index (χ1) is 16.1. The van der Waals surface area contributed by atoms with E-state index in [4.69, 9.17) is 16.7 Å². The van der Waals surface area contributed by atoms with E-state index in [1.54, 1.807) is 4.68 Å². The van der Waals surface area contributed by atoms with Crippen LogP contribution >= 0.6 is 11.6 Å².